The molecule has 0 aliphatic carbocycles. The lowest BCUT2D eigenvalue weighted by Gasteiger charge is -2.03. The largest absolute Gasteiger partial charge is 0.460 e. The van der Waals surface area contributed by atoms with Crippen LogP contribution < -0.4 is 0 Å². The zero-order valence-electron chi connectivity index (χ0n) is 7.51. The molecule has 3 nitrogen and oxygen atoms in total. The van der Waals surface area contributed by atoms with Crippen molar-refractivity contribution >= 4 is 12.2 Å². The van der Waals surface area contributed by atoms with Gasteiger partial charge in [0.15, 0.2) is 12.4 Å². The van der Waals surface area contributed by atoms with E-state index in [9.17, 15) is 4.79 Å². The molecule has 1 aliphatic heterocycles. The molecule has 14 heavy (non-hydrogen) atoms. The van der Waals surface area contributed by atoms with Gasteiger partial charge in [-0.15, -0.1) is 0 Å². The molecule has 0 bridgehead atoms. The Balaban J connectivity index is 2.27. The van der Waals surface area contributed by atoms with Crippen LogP contribution in [0.3, 0.4) is 0 Å². The van der Waals surface area contributed by atoms with Crippen LogP contribution in [0.25, 0.3) is 0 Å². The second-order valence-electron chi connectivity index (χ2n) is 2.95. The minimum Gasteiger partial charge on any atom is -0.460 e. The van der Waals surface area contributed by atoms with Gasteiger partial charge < -0.3 is 4.74 Å². The Labute approximate surface area is 81.7 Å². The highest BCUT2D eigenvalue weighted by molar-refractivity contribution is 5.98. The highest BCUT2D eigenvalue weighted by atomic mass is 16.5. The van der Waals surface area contributed by atoms with Gasteiger partial charge in [0, 0.05) is 5.56 Å². The van der Waals surface area contributed by atoms with Crippen molar-refractivity contribution in [1.82, 2.24) is 0 Å². The molecule has 1 heterocycles. The van der Waals surface area contributed by atoms with Crippen LogP contribution in [0.5, 0.6) is 0 Å². The van der Waals surface area contributed by atoms with Gasteiger partial charge in [0.2, 0.25) is 5.90 Å². The fraction of sp³-hybridized carbons (Fsp3) is 0.0909. The van der Waals surface area contributed by atoms with E-state index >= 15 is 0 Å². The molecule has 0 fully saturated rings. The van der Waals surface area contributed by atoms with E-state index in [1.165, 1.54) is 0 Å². The van der Waals surface area contributed by atoms with Crippen molar-refractivity contribution in [3.05, 3.63) is 48.2 Å². The first kappa shape index (κ1) is 8.69. The van der Waals surface area contributed by atoms with E-state index in [0.717, 1.165) is 5.56 Å². The van der Waals surface area contributed by atoms with Crippen molar-refractivity contribution in [2.45, 2.75) is 6.10 Å². The van der Waals surface area contributed by atoms with Crippen molar-refractivity contribution < 1.29 is 9.53 Å². The molecule has 0 saturated carbocycles. The summed E-state index contributed by atoms with van der Waals surface area (Å²) in [6.45, 7) is 3.64. The molecule has 0 saturated heterocycles. The second-order valence-corrected chi connectivity index (χ2v) is 2.95. The van der Waals surface area contributed by atoms with E-state index in [2.05, 4.69) is 11.6 Å². The van der Waals surface area contributed by atoms with E-state index in [1.807, 2.05) is 30.3 Å². The fourth-order valence-corrected chi connectivity index (χ4v) is 1.23. The second kappa shape index (κ2) is 3.46. The van der Waals surface area contributed by atoms with E-state index in [4.69, 9.17) is 4.74 Å². The summed E-state index contributed by atoms with van der Waals surface area (Å²) in [4.78, 5) is 14.6. The monoisotopic (exact) mass is 187 g/mol. The Bertz CT molecular complexity index is 395. The maximum atomic E-state index is 10.5. The highest BCUT2D eigenvalue weighted by Crippen LogP contribution is 2.18. The number of hydrogen-bond acceptors (Lipinski definition) is 3. The molecule has 3 heteroatoms. The van der Waals surface area contributed by atoms with Crippen molar-refractivity contribution in [1.29, 1.82) is 0 Å². The standard InChI is InChI=1S/C11H9NO2/c1-8-10(7-13)14-11(12-8)9-5-3-2-4-6-9/h2-7,10H,1H2. The smallest absolute Gasteiger partial charge is 0.222 e. The lowest BCUT2D eigenvalue weighted by molar-refractivity contribution is -0.112. The Morgan fingerprint density at radius 3 is 2.64 bits per heavy atom. The summed E-state index contributed by atoms with van der Waals surface area (Å²) in [6, 6.07) is 9.43. The maximum Gasteiger partial charge on any atom is 0.222 e. The number of hydrogen-bond donors (Lipinski definition) is 0. The van der Waals surface area contributed by atoms with Gasteiger partial charge in [-0.25, -0.2) is 4.99 Å². The van der Waals surface area contributed by atoms with Crippen molar-refractivity contribution in [2.75, 3.05) is 0 Å². The van der Waals surface area contributed by atoms with Crippen molar-refractivity contribution in [3.63, 3.8) is 0 Å². The fourth-order valence-electron chi connectivity index (χ4n) is 1.23. The summed E-state index contributed by atoms with van der Waals surface area (Å²) in [5.41, 5.74) is 1.32. The van der Waals surface area contributed by atoms with Crippen LogP contribution >= 0.6 is 0 Å². The topological polar surface area (TPSA) is 38.7 Å². The maximum absolute atomic E-state index is 10.5. The number of aldehydes is 1. The van der Waals surface area contributed by atoms with Gasteiger partial charge in [-0.05, 0) is 12.1 Å². The SMILES string of the molecule is C=C1N=C(c2ccccc2)OC1C=O. The van der Waals surface area contributed by atoms with Gasteiger partial charge in [0.1, 0.15) is 0 Å². The zero-order valence-corrected chi connectivity index (χ0v) is 7.51. The first-order valence-electron chi connectivity index (χ1n) is 4.26. The highest BCUT2D eigenvalue weighted by Gasteiger charge is 2.23. The molecule has 1 aromatic carbocycles. The summed E-state index contributed by atoms with van der Waals surface area (Å²) >= 11 is 0. The first-order chi connectivity index (χ1) is 6.81. The molecule has 0 N–H and O–H groups in total. The van der Waals surface area contributed by atoms with Gasteiger partial charge in [0.25, 0.3) is 0 Å². The van der Waals surface area contributed by atoms with E-state index in [1.54, 1.807) is 0 Å². The van der Waals surface area contributed by atoms with Gasteiger partial charge in [-0.3, -0.25) is 4.79 Å². The normalized spacial score (nSPS) is 20.1. The van der Waals surface area contributed by atoms with Crippen LogP contribution in [0.2, 0.25) is 0 Å². The zero-order chi connectivity index (χ0) is 9.97. The Morgan fingerprint density at radius 1 is 1.36 bits per heavy atom. The molecular weight excluding hydrogens is 178 g/mol. The van der Waals surface area contributed by atoms with Crippen LogP contribution in [0.15, 0.2) is 47.6 Å². The number of aliphatic imine (C=N–C) groups is 1. The molecule has 0 radical (unpaired) electrons. The van der Waals surface area contributed by atoms with E-state index < -0.39 is 6.10 Å². The molecule has 0 amide bonds. The lowest BCUT2D eigenvalue weighted by atomic mass is 10.2. The number of benzene rings is 1. The van der Waals surface area contributed by atoms with Crippen molar-refractivity contribution in [2.24, 2.45) is 4.99 Å². The molecule has 2 rings (SSSR count). The van der Waals surface area contributed by atoms with Crippen LogP contribution in [0, 0.1) is 0 Å². The number of carbonyl (C=O) groups is 1. The van der Waals surface area contributed by atoms with Crippen LogP contribution in [-0.4, -0.2) is 18.3 Å². The molecule has 1 aromatic rings. The van der Waals surface area contributed by atoms with E-state index in [-0.39, 0.29) is 0 Å². The molecule has 70 valence electrons. The van der Waals surface area contributed by atoms with Crippen LogP contribution in [0.4, 0.5) is 0 Å². The molecular formula is C11H9NO2. The van der Waals surface area contributed by atoms with Crippen LogP contribution in [0.1, 0.15) is 5.56 Å². The van der Waals surface area contributed by atoms with Gasteiger partial charge in [0.05, 0.1) is 5.70 Å². The minimum atomic E-state index is -0.620. The summed E-state index contributed by atoms with van der Waals surface area (Å²) in [5, 5.41) is 0. The Kier molecular flexibility index (Phi) is 2.14. The summed E-state index contributed by atoms with van der Waals surface area (Å²) in [6.07, 6.45) is 0.0760. The number of carbonyl (C=O) groups excluding carboxylic acids is 1. The lowest BCUT2D eigenvalue weighted by Crippen LogP contribution is -2.13. The third-order valence-electron chi connectivity index (χ3n) is 1.96. The van der Waals surface area contributed by atoms with E-state index in [0.29, 0.717) is 17.9 Å². The minimum absolute atomic E-state index is 0.457. The molecule has 1 atom stereocenters. The molecule has 0 aromatic heterocycles. The number of nitrogens with zero attached hydrogens (tertiary/aromatic N) is 1. The van der Waals surface area contributed by atoms with Gasteiger partial charge in [-0.1, -0.05) is 24.8 Å². The summed E-state index contributed by atoms with van der Waals surface area (Å²) < 4.78 is 5.29. The Morgan fingerprint density at radius 2 is 2.07 bits per heavy atom. The predicted molar refractivity (Wildman–Crippen MR) is 53.1 cm³/mol. The van der Waals surface area contributed by atoms with Gasteiger partial charge in [-0.2, -0.15) is 0 Å². The third kappa shape index (κ3) is 1.44. The summed E-state index contributed by atoms with van der Waals surface area (Å²) in [7, 11) is 0. The van der Waals surface area contributed by atoms with Gasteiger partial charge >= 0.3 is 0 Å². The molecule has 1 unspecified atom stereocenters. The average Bonchev–Trinajstić information content (AvgIpc) is 2.61. The number of ether oxygens (including phenoxy) is 1. The summed E-state index contributed by atoms with van der Waals surface area (Å²) in [5.74, 6) is 0.465. The quantitative estimate of drug-likeness (QED) is 0.659. The van der Waals surface area contributed by atoms with Crippen molar-refractivity contribution in [3.8, 4) is 0 Å². The number of rotatable bonds is 2. The average molecular weight is 187 g/mol. The predicted octanol–water partition coefficient (Wildman–Crippen LogP) is 1.54. The Hall–Kier alpha value is -1.90. The first-order valence-corrected chi connectivity index (χ1v) is 4.26. The third-order valence-corrected chi connectivity index (χ3v) is 1.96. The molecule has 0 spiro atoms. The van der Waals surface area contributed by atoms with Crippen LogP contribution in [-0.2, 0) is 9.53 Å². The molecule has 1 aliphatic rings.